The summed E-state index contributed by atoms with van der Waals surface area (Å²) >= 11 is 0. The van der Waals surface area contributed by atoms with Gasteiger partial charge in [0.25, 0.3) is 0 Å². The van der Waals surface area contributed by atoms with Crippen LogP contribution in [0.3, 0.4) is 0 Å². The highest BCUT2D eigenvalue weighted by Crippen LogP contribution is 1.97. The molecule has 0 fully saturated rings. The van der Waals surface area contributed by atoms with Gasteiger partial charge in [-0.05, 0) is 6.42 Å². The second kappa shape index (κ2) is 2.70. The fraction of sp³-hybridized carbons (Fsp3) is 0.667. The van der Waals surface area contributed by atoms with Gasteiger partial charge in [-0.15, -0.1) is 0 Å². The molecule has 1 rings (SSSR count). The van der Waals surface area contributed by atoms with E-state index in [1.54, 1.807) is 0 Å². The predicted molar refractivity (Wildman–Crippen MR) is 34.7 cm³/mol. The summed E-state index contributed by atoms with van der Waals surface area (Å²) in [6.07, 6.45) is 3.00. The van der Waals surface area contributed by atoms with E-state index in [1.165, 1.54) is 0 Å². The first-order valence-electron chi connectivity index (χ1n) is 3.02. The second-order valence-electron chi connectivity index (χ2n) is 1.85. The molecule has 0 aliphatic carbocycles. The molecule has 0 spiro atoms. The van der Waals surface area contributed by atoms with Crippen molar-refractivity contribution in [1.29, 1.82) is 0 Å². The molecule has 8 heavy (non-hydrogen) atoms. The summed E-state index contributed by atoms with van der Waals surface area (Å²) < 4.78 is 0. The van der Waals surface area contributed by atoms with Gasteiger partial charge in [-0.3, -0.25) is 4.99 Å². The third-order valence-corrected chi connectivity index (χ3v) is 1.13. The van der Waals surface area contributed by atoms with Gasteiger partial charge < -0.3 is 4.90 Å². The van der Waals surface area contributed by atoms with Crippen molar-refractivity contribution >= 4 is 6.34 Å². The quantitative estimate of drug-likeness (QED) is 0.517. The highest BCUT2D eigenvalue weighted by Gasteiger charge is 2.01. The Morgan fingerprint density at radius 2 is 2.75 bits per heavy atom. The third kappa shape index (κ3) is 1.22. The first-order chi connectivity index (χ1) is 3.93. The Morgan fingerprint density at radius 1 is 1.88 bits per heavy atom. The zero-order chi connectivity index (χ0) is 5.82. The molecule has 1 aliphatic rings. The average molecular weight is 111 g/mol. The molecule has 1 aliphatic heterocycles. The molecule has 0 aromatic carbocycles. The Kier molecular flexibility index (Phi) is 1.89. The van der Waals surface area contributed by atoms with Crippen molar-refractivity contribution in [2.75, 3.05) is 13.1 Å². The van der Waals surface area contributed by atoms with Crippen LogP contribution in [0.15, 0.2) is 4.99 Å². The highest BCUT2D eigenvalue weighted by atomic mass is 15.2. The van der Waals surface area contributed by atoms with Crippen LogP contribution in [-0.4, -0.2) is 24.3 Å². The standard InChI is InChI=1S/C6H11N2/c1-2-4-8-5-3-7-6-8/h4,6H,2-3,5H2,1H3. The molecule has 0 saturated heterocycles. The van der Waals surface area contributed by atoms with Gasteiger partial charge in [0, 0.05) is 13.1 Å². The van der Waals surface area contributed by atoms with E-state index in [9.17, 15) is 0 Å². The molecule has 0 amide bonds. The minimum Gasteiger partial charge on any atom is -0.356 e. The lowest BCUT2D eigenvalue weighted by atomic mass is 10.4. The van der Waals surface area contributed by atoms with Crippen molar-refractivity contribution < 1.29 is 0 Å². The maximum Gasteiger partial charge on any atom is 0.0854 e. The van der Waals surface area contributed by atoms with Crippen LogP contribution < -0.4 is 0 Å². The zero-order valence-corrected chi connectivity index (χ0v) is 5.17. The van der Waals surface area contributed by atoms with Gasteiger partial charge in [0.15, 0.2) is 0 Å². The number of rotatable bonds is 2. The van der Waals surface area contributed by atoms with E-state index in [2.05, 4.69) is 23.4 Å². The zero-order valence-electron chi connectivity index (χ0n) is 5.17. The smallest absolute Gasteiger partial charge is 0.0854 e. The minimum absolute atomic E-state index is 0.969. The topological polar surface area (TPSA) is 15.6 Å². The van der Waals surface area contributed by atoms with Crippen molar-refractivity contribution in [2.24, 2.45) is 4.99 Å². The van der Waals surface area contributed by atoms with Crippen molar-refractivity contribution in [1.82, 2.24) is 4.90 Å². The molecule has 2 nitrogen and oxygen atoms in total. The van der Waals surface area contributed by atoms with E-state index >= 15 is 0 Å². The summed E-state index contributed by atoms with van der Waals surface area (Å²) in [6.45, 7) is 6.33. The third-order valence-electron chi connectivity index (χ3n) is 1.13. The molecule has 0 N–H and O–H groups in total. The maximum absolute atomic E-state index is 4.05. The summed E-state index contributed by atoms with van der Waals surface area (Å²) in [7, 11) is 0. The van der Waals surface area contributed by atoms with Crippen LogP contribution in [0.2, 0.25) is 0 Å². The van der Waals surface area contributed by atoms with Crippen molar-refractivity contribution in [3.05, 3.63) is 6.54 Å². The molecule has 1 heterocycles. The van der Waals surface area contributed by atoms with Crippen molar-refractivity contribution in [3.8, 4) is 0 Å². The van der Waals surface area contributed by atoms with Crippen LogP contribution in [-0.2, 0) is 0 Å². The lowest BCUT2D eigenvalue weighted by molar-refractivity contribution is 0.542. The SMILES string of the molecule is CC[CH]N1C=NCC1. The molecular formula is C6H11N2. The number of hydrogen-bond acceptors (Lipinski definition) is 2. The Morgan fingerprint density at radius 3 is 3.25 bits per heavy atom. The van der Waals surface area contributed by atoms with E-state index in [0.717, 1.165) is 19.5 Å². The van der Waals surface area contributed by atoms with Gasteiger partial charge >= 0.3 is 0 Å². The maximum atomic E-state index is 4.05. The summed E-state index contributed by atoms with van der Waals surface area (Å²) in [5.74, 6) is 0. The normalized spacial score (nSPS) is 17.9. The number of hydrogen-bond donors (Lipinski definition) is 0. The molecular weight excluding hydrogens is 100 g/mol. The predicted octanol–water partition coefficient (Wildman–Crippen LogP) is 0.902. The Balaban J connectivity index is 2.16. The van der Waals surface area contributed by atoms with Crippen LogP contribution in [0.4, 0.5) is 0 Å². The van der Waals surface area contributed by atoms with E-state index in [4.69, 9.17) is 0 Å². The van der Waals surface area contributed by atoms with Crippen LogP contribution in [0.1, 0.15) is 13.3 Å². The minimum atomic E-state index is 0.969. The van der Waals surface area contributed by atoms with Gasteiger partial charge in [-0.1, -0.05) is 6.92 Å². The Bertz CT molecular complexity index is 88.5. The van der Waals surface area contributed by atoms with Crippen LogP contribution >= 0.6 is 0 Å². The summed E-state index contributed by atoms with van der Waals surface area (Å²) in [6, 6.07) is 0. The molecule has 0 aromatic heterocycles. The fourth-order valence-electron chi connectivity index (χ4n) is 0.766. The fourth-order valence-corrected chi connectivity index (χ4v) is 0.766. The van der Waals surface area contributed by atoms with E-state index < -0.39 is 0 Å². The first kappa shape index (κ1) is 5.60. The number of nitrogens with zero attached hydrogens (tertiary/aromatic N) is 2. The average Bonchev–Trinajstić information content (AvgIpc) is 2.19. The molecule has 0 aromatic rings. The van der Waals surface area contributed by atoms with Crippen LogP contribution in [0.25, 0.3) is 0 Å². The molecule has 1 radical (unpaired) electrons. The Hall–Kier alpha value is -0.530. The van der Waals surface area contributed by atoms with E-state index in [-0.39, 0.29) is 0 Å². The van der Waals surface area contributed by atoms with Gasteiger partial charge in [0.2, 0.25) is 0 Å². The molecule has 0 bridgehead atoms. The molecule has 0 atom stereocenters. The van der Waals surface area contributed by atoms with Crippen LogP contribution in [0, 0.1) is 6.54 Å². The van der Waals surface area contributed by atoms with E-state index in [1.807, 2.05) is 6.34 Å². The van der Waals surface area contributed by atoms with Crippen molar-refractivity contribution in [2.45, 2.75) is 13.3 Å². The monoisotopic (exact) mass is 111 g/mol. The second-order valence-corrected chi connectivity index (χ2v) is 1.85. The summed E-state index contributed by atoms with van der Waals surface area (Å²) in [4.78, 5) is 6.18. The van der Waals surface area contributed by atoms with Crippen molar-refractivity contribution in [3.63, 3.8) is 0 Å². The van der Waals surface area contributed by atoms with Gasteiger partial charge in [-0.25, -0.2) is 0 Å². The molecule has 0 saturated carbocycles. The summed E-state index contributed by atoms with van der Waals surface area (Å²) in [5.41, 5.74) is 0. The first-order valence-corrected chi connectivity index (χ1v) is 3.02. The molecule has 0 unspecified atom stereocenters. The largest absolute Gasteiger partial charge is 0.356 e. The van der Waals surface area contributed by atoms with E-state index in [0.29, 0.717) is 0 Å². The Labute approximate surface area is 50.2 Å². The lowest BCUT2D eigenvalue weighted by Crippen LogP contribution is -2.15. The molecule has 45 valence electrons. The van der Waals surface area contributed by atoms with Crippen LogP contribution in [0.5, 0.6) is 0 Å². The van der Waals surface area contributed by atoms with Gasteiger partial charge in [0.05, 0.1) is 12.9 Å². The van der Waals surface area contributed by atoms with Gasteiger partial charge in [-0.2, -0.15) is 0 Å². The number of aliphatic imine (C=N–C) groups is 1. The summed E-state index contributed by atoms with van der Waals surface area (Å²) in [5, 5.41) is 0. The lowest BCUT2D eigenvalue weighted by Gasteiger charge is -2.09. The highest BCUT2D eigenvalue weighted by molar-refractivity contribution is 5.57. The van der Waals surface area contributed by atoms with Gasteiger partial charge in [0.1, 0.15) is 0 Å². The molecule has 2 heteroatoms.